The normalized spacial score (nSPS) is 10.7. The highest BCUT2D eigenvalue weighted by atomic mass is 35.5. The molecule has 2 N–H and O–H groups in total. The van der Waals surface area contributed by atoms with E-state index in [0.29, 0.717) is 11.6 Å². The van der Waals surface area contributed by atoms with Crippen LogP contribution >= 0.6 is 11.6 Å². The molecule has 0 radical (unpaired) electrons. The van der Waals surface area contributed by atoms with Gasteiger partial charge in [0.25, 0.3) is 0 Å². The Morgan fingerprint density at radius 3 is 3.00 bits per heavy atom. The number of H-pyrrole nitrogens is 1. The van der Waals surface area contributed by atoms with Crippen molar-refractivity contribution in [1.29, 1.82) is 0 Å². The second kappa shape index (κ2) is 5.38. The van der Waals surface area contributed by atoms with Gasteiger partial charge in [-0.25, -0.2) is 4.68 Å². The molecule has 5 nitrogen and oxygen atoms in total. The van der Waals surface area contributed by atoms with Crippen molar-refractivity contribution in [1.82, 2.24) is 20.0 Å². The quantitative estimate of drug-likeness (QED) is 0.775. The second-order valence-electron chi connectivity index (χ2n) is 4.47. The third-order valence-electron chi connectivity index (χ3n) is 3.09. The molecule has 0 aliphatic rings. The van der Waals surface area contributed by atoms with Crippen LogP contribution in [-0.4, -0.2) is 20.0 Å². The number of halogens is 1. The van der Waals surface area contributed by atoms with E-state index in [0.717, 1.165) is 22.8 Å². The molecule has 20 heavy (non-hydrogen) atoms. The number of hydrogen-bond acceptors (Lipinski definition) is 3. The largest absolute Gasteiger partial charge is 0.377 e. The van der Waals surface area contributed by atoms with Crippen molar-refractivity contribution in [3.63, 3.8) is 0 Å². The van der Waals surface area contributed by atoms with E-state index >= 15 is 0 Å². The van der Waals surface area contributed by atoms with Crippen molar-refractivity contribution < 1.29 is 0 Å². The molecule has 2 heterocycles. The minimum absolute atomic E-state index is 0.683. The number of aromatic nitrogens is 4. The average molecular weight is 288 g/mol. The predicted octanol–water partition coefficient (Wildman–Crippen LogP) is 3.17. The van der Waals surface area contributed by atoms with Crippen molar-refractivity contribution in [3.05, 3.63) is 59.1 Å². The number of rotatable bonds is 4. The lowest BCUT2D eigenvalue weighted by atomic mass is 10.3. The van der Waals surface area contributed by atoms with Crippen molar-refractivity contribution in [2.75, 3.05) is 5.32 Å². The minimum Gasteiger partial charge on any atom is -0.377 e. The highest BCUT2D eigenvalue weighted by Gasteiger charge is 2.08. The van der Waals surface area contributed by atoms with E-state index in [1.54, 1.807) is 6.20 Å². The van der Waals surface area contributed by atoms with Gasteiger partial charge < -0.3 is 5.32 Å². The van der Waals surface area contributed by atoms with Crippen LogP contribution in [0.5, 0.6) is 0 Å². The maximum absolute atomic E-state index is 6.01. The fourth-order valence-electron chi connectivity index (χ4n) is 2.02. The molecule has 0 aliphatic heterocycles. The number of nitrogens with one attached hydrogen (secondary N) is 2. The lowest BCUT2D eigenvalue weighted by molar-refractivity contribution is 0.847. The van der Waals surface area contributed by atoms with E-state index in [1.165, 1.54) is 0 Å². The smallest absolute Gasteiger partial charge is 0.0764 e. The maximum atomic E-state index is 6.01. The molecule has 3 aromatic rings. The molecule has 0 unspecified atom stereocenters. The number of benzene rings is 1. The molecule has 6 heteroatoms. The predicted molar refractivity (Wildman–Crippen MR) is 79.2 cm³/mol. The summed E-state index contributed by atoms with van der Waals surface area (Å²) in [4.78, 5) is 0. The van der Waals surface area contributed by atoms with Crippen LogP contribution in [0.25, 0.3) is 5.69 Å². The van der Waals surface area contributed by atoms with Crippen molar-refractivity contribution in [3.8, 4) is 5.69 Å². The Morgan fingerprint density at radius 1 is 1.35 bits per heavy atom. The van der Waals surface area contributed by atoms with E-state index in [1.807, 2.05) is 48.1 Å². The zero-order valence-corrected chi connectivity index (χ0v) is 11.7. The molecule has 0 saturated heterocycles. The van der Waals surface area contributed by atoms with Gasteiger partial charge in [0.15, 0.2) is 0 Å². The second-order valence-corrected chi connectivity index (χ2v) is 4.91. The van der Waals surface area contributed by atoms with Gasteiger partial charge in [-0.2, -0.15) is 10.2 Å². The van der Waals surface area contributed by atoms with Gasteiger partial charge in [-0.15, -0.1) is 0 Å². The lowest BCUT2D eigenvalue weighted by Gasteiger charge is -2.07. The van der Waals surface area contributed by atoms with Gasteiger partial charge in [-0.1, -0.05) is 17.7 Å². The summed E-state index contributed by atoms with van der Waals surface area (Å²) in [6.45, 7) is 2.70. The van der Waals surface area contributed by atoms with Crippen molar-refractivity contribution in [2.45, 2.75) is 13.5 Å². The van der Waals surface area contributed by atoms with Crippen LogP contribution in [-0.2, 0) is 6.54 Å². The van der Waals surface area contributed by atoms with E-state index in [-0.39, 0.29) is 0 Å². The summed E-state index contributed by atoms with van der Waals surface area (Å²) in [5, 5.41) is 15.3. The van der Waals surface area contributed by atoms with Gasteiger partial charge >= 0.3 is 0 Å². The summed E-state index contributed by atoms with van der Waals surface area (Å²) in [7, 11) is 0. The number of nitrogens with zero attached hydrogens (tertiary/aromatic N) is 3. The Labute approximate surface area is 121 Å². The van der Waals surface area contributed by atoms with Gasteiger partial charge in [0.1, 0.15) is 0 Å². The minimum atomic E-state index is 0.683. The molecular formula is C14H14ClN5. The summed E-state index contributed by atoms with van der Waals surface area (Å²) in [6, 6.07) is 9.56. The zero-order valence-electron chi connectivity index (χ0n) is 11.0. The average Bonchev–Trinajstić information content (AvgIpc) is 3.06. The van der Waals surface area contributed by atoms with Crippen LogP contribution < -0.4 is 5.32 Å². The van der Waals surface area contributed by atoms with Gasteiger partial charge in [0.2, 0.25) is 0 Å². The van der Waals surface area contributed by atoms with Gasteiger partial charge in [-0.3, -0.25) is 5.10 Å². The first-order chi connectivity index (χ1) is 9.74. The zero-order chi connectivity index (χ0) is 13.9. The number of anilines is 1. The van der Waals surface area contributed by atoms with Gasteiger partial charge in [0, 0.05) is 11.2 Å². The lowest BCUT2D eigenvalue weighted by Crippen LogP contribution is -2.02. The number of hydrogen-bond donors (Lipinski definition) is 2. The molecule has 0 saturated carbocycles. The first-order valence-electron chi connectivity index (χ1n) is 6.27. The molecule has 1 aromatic carbocycles. The van der Waals surface area contributed by atoms with E-state index < -0.39 is 0 Å². The topological polar surface area (TPSA) is 58.5 Å². The molecule has 0 bridgehead atoms. The highest BCUT2D eigenvalue weighted by molar-refractivity contribution is 6.30. The SMILES string of the molecule is Cc1c(NCc2ccn[nH]2)cnn1-c1cccc(Cl)c1. The van der Waals surface area contributed by atoms with Crippen LogP contribution in [0.15, 0.2) is 42.7 Å². The summed E-state index contributed by atoms with van der Waals surface area (Å²) in [5.74, 6) is 0. The van der Waals surface area contributed by atoms with Crippen LogP contribution in [0.2, 0.25) is 5.02 Å². The van der Waals surface area contributed by atoms with Crippen LogP contribution in [0.4, 0.5) is 5.69 Å². The summed E-state index contributed by atoms with van der Waals surface area (Å²) in [6.07, 6.45) is 3.55. The Morgan fingerprint density at radius 2 is 2.25 bits per heavy atom. The van der Waals surface area contributed by atoms with Crippen LogP contribution in [0.1, 0.15) is 11.4 Å². The number of aromatic amines is 1. The molecule has 102 valence electrons. The van der Waals surface area contributed by atoms with Crippen LogP contribution in [0.3, 0.4) is 0 Å². The Hall–Kier alpha value is -2.27. The molecule has 0 atom stereocenters. The Kier molecular flexibility index (Phi) is 3.43. The molecule has 0 fully saturated rings. The van der Waals surface area contributed by atoms with Crippen molar-refractivity contribution >= 4 is 17.3 Å². The fourth-order valence-corrected chi connectivity index (χ4v) is 2.21. The van der Waals surface area contributed by atoms with Crippen LogP contribution in [0, 0.1) is 6.92 Å². The van der Waals surface area contributed by atoms with Crippen molar-refractivity contribution in [2.24, 2.45) is 0 Å². The molecule has 2 aromatic heterocycles. The molecule has 0 amide bonds. The first-order valence-corrected chi connectivity index (χ1v) is 6.64. The van der Waals surface area contributed by atoms with E-state index in [9.17, 15) is 0 Å². The van der Waals surface area contributed by atoms with Gasteiger partial charge in [0.05, 0.1) is 35.5 Å². The first kappa shape index (κ1) is 12.7. The third-order valence-corrected chi connectivity index (χ3v) is 3.33. The Bertz CT molecular complexity index is 702. The maximum Gasteiger partial charge on any atom is 0.0764 e. The van der Waals surface area contributed by atoms with E-state index in [4.69, 9.17) is 11.6 Å². The molecule has 0 aliphatic carbocycles. The molecule has 0 spiro atoms. The fraction of sp³-hybridized carbons (Fsp3) is 0.143. The molecule has 3 rings (SSSR count). The van der Waals surface area contributed by atoms with Gasteiger partial charge in [-0.05, 0) is 31.2 Å². The highest BCUT2D eigenvalue weighted by Crippen LogP contribution is 2.20. The standard InChI is InChI=1S/C14H14ClN5/c1-10-14(16-8-12-5-6-17-19-12)9-18-20(10)13-4-2-3-11(15)7-13/h2-7,9,16H,8H2,1H3,(H,17,19). The Balaban J connectivity index is 1.81. The summed E-state index contributed by atoms with van der Waals surface area (Å²) < 4.78 is 1.86. The third kappa shape index (κ3) is 2.53. The summed E-state index contributed by atoms with van der Waals surface area (Å²) >= 11 is 6.01. The molecular weight excluding hydrogens is 274 g/mol. The monoisotopic (exact) mass is 287 g/mol. The summed E-state index contributed by atoms with van der Waals surface area (Å²) in [5.41, 5.74) is 4.00. The van der Waals surface area contributed by atoms with E-state index in [2.05, 4.69) is 20.6 Å².